The van der Waals surface area contributed by atoms with Crippen molar-refractivity contribution >= 4 is 28.3 Å². The third-order valence-electron chi connectivity index (χ3n) is 4.20. The van der Waals surface area contributed by atoms with Crippen molar-refractivity contribution in [2.24, 2.45) is 0 Å². The fraction of sp³-hybridized carbons (Fsp3) is 0.421. The van der Waals surface area contributed by atoms with Crippen LogP contribution in [0, 0.1) is 11.6 Å². The van der Waals surface area contributed by atoms with Crippen molar-refractivity contribution in [2.45, 2.75) is 52.0 Å². The van der Waals surface area contributed by atoms with Crippen LogP contribution in [0.5, 0.6) is 0 Å². The van der Waals surface area contributed by atoms with Crippen LogP contribution in [0.15, 0.2) is 24.4 Å². The maximum Gasteiger partial charge on any atom is 0.248 e. The number of amides is 2. The van der Waals surface area contributed by atoms with Gasteiger partial charge in [-0.25, -0.2) is 13.8 Å². The Bertz CT molecular complexity index is 790. The highest BCUT2D eigenvalue weighted by Gasteiger charge is 2.21. The van der Waals surface area contributed by atoms with Gasteiger partial charge in [0.1, 0.15) is 17.7 Å². The van der Waals surface area contributed by atoms with Gasteiger partial charge in [0.05, 0.1) is 6.42 Å². The normalized spacial score (nSPS) is 13.1. The molecule has 2 rings (SSSR count). The molecule has 1 aromatic carbocycles. The third-order valence-corrected chi connectivity index (χ3v) is 5.34. The maximum absolute atomic E-state index is 13.2. The van der Waals surface area contributed by atoms with Crippen LogP contribution >= 0.6 is 11.3 Å². The fourth-order valence-electron chi connectivity index (χ4n) is 2.46. The van der Waals surface area contributed by atoms with Gasteiger partial charge in [-0.3, -0.25) is 9.59 Å². The van der Waals surface area contributed by atoms with Gasteiger partial charge in [-0.2, -0.15) is 0 Å². The number of carbonyl (C=O) groups excluding carboxylic acids is 2. The Morgan fingerprint density at radius 3 is 2.41 bits per heavy atom. The molecular formula is C19H23F2N3O2S. The topological polar surface area (TPSA) is 71.1 Å². The Morgan fingerprint density at radius 2 is 1.81 bits per heavy atom. The van der Waals surface area contributed by atoms with E-state index in [1.165, 1.54) is 11.3 Å². The maximum atomic E-state index is 13.2. The molecule has 0 aliphatic carbocycles. The summed E-state index contributed by atoms with van der Waals surface area (Å²) in [4.78, 5) is 29.8. The van der Waals surface area contributed by atoms with Crippen molar-refractivity contribution in [1.82, 2.24) is 10.3 Å². The predicted octanol–water partition coefficient (Wildman–Crippen LogP) is 4.01. The molecule has 2 N–H and O–H groups in total. The van der Waals surface area contributed by atoms with Gasteiger partial charge in [0.15, 0.2) is 5.13 Å². The van der Waals surface area contributed by atoms with Gasteiger partial charge < -0.3 is 10.6 Å². The van der Waals surface area contributed by atoms with Crippen molar-refractivity contribution in [3.63, 3.8) is 0 Å². The SMILES string of the molecule is CCC(NC(=O)Cc1cc(F)cc(F)c1)C(=O)Nc1ncc(C(C)CC)s1. The molecule has 2 amide bonds. The van der Waals surface area contributed by atoms with E-state index in [-0.39, 0.29) is 17.9 Å². The standard InChI is InChI=1S/C19H23F2N3O2S/c1-4-11(3)16-10-22-19(27-16)24-18(26)15(5-2)23-17(25)8-12-6-13(20)9-14(21)7-12/h6-7,9-11,15H,4-5,8H2,1-3H3,(H,23,25)(H,22,24,26). The minimum Gasteiger partial charge on any atom is -0.344 e. The van der Waals surface area contributed by atoms with E-state index < -0.39 is 23.6 Å². The molecule has 146 valence electrons. The summed E-state index contributed by atoms with van der Waals surface area (Å²) < 4.78 is 26.4. The number of hydrogen-bond acceptors (Lipinski definition) is 4. The van der Waals surface area contributed by atoms with E-state index in [1.807, 2.05) is 0 Å². The Labute approximate surface area is 161 Å². The average molecular weight is 395 g/mol. The number of anilines is 1. The van der Waals surface area contributed by atoms with Crippen LogP contribution < -0.4 is 10.6 Å². The Balaban J connectivity index is 1.95. The number of hydrogen-bond donors (Lipinski definition) is 2. The Kier molecular flexibility index (Phi) is 7.41. The van der Waals surface area contributed by atoms with Gasteiger partial charge >= 0.3 is 0 Å². The molecule has 5 nitrogen and oxygen atoms in total. The van der Waals surface area contributed by atoms with Gasteiger partial charge in [0.2, 0.25) is 11.8 Å². The predicted molar refractivity (Wildman–Crippen MR) is 102 cm³/mol. The lowest BCUT2D eigenvalue weighted by molar-refractivity contribution is -0.126. The lowest BCUT2D eigenvalue weighted by Gasteiger charge is -2.16. The second kappa shape index (κ2) is 9.55. The number of carbonyl (C=O) groups is 2. The quantitative estimate of drug-likeness (QED) is 0.709. The van der Waals surface area contributed by atoms with Gasteiger partial charge in [-0.05, 0) is 36.5 Å². The highest BCUT2D eigenvalue weighted by atomic mass is 32.1. The molecule has 0 aliphatic heterocycles. The minimum atomic E-state index is -0.758. The van der Waals surface area contributed by atoms with Gasteiger partial charge in [-0.1, -0.05) is 20.8 Å². The summed E-state index contributed by atoms with van der Waals surface area (Å²) >= 11 is 1.41. The van der Waals surface area contributed by atoms with E-state index in [0.29, 0.717) is 17.5 Å². The fourth-order valence-corrected chi connectivity index (χ4v) is 3.42. The van der Waals surface area contributed by atoms with Crippen molar-refractivity contribution in [1.29, 1.82) is 0 Å². The molecule has 0 saturated heterocycles. The number of nitrogens with one attached hydrogen (secondary N) is 2. The molecule has 1 heterocycles. The zero-order valence-corrected chi connectivity index (χ0v) is 16.3. The van der Waals surface area contributed by atoms with Crippen LogP contribution in [-0.2, 0) is 16.0 Å². The van der Waals surface area contributed by atoms with Crippen molar-refractivity contribution in [3.8, 4) is 0 Å². The molecule has 0 fully saturated rings. The Hall–Kier alpha value is -2.35. The highest BCUT2D eigenvalue weighted by Crippen LogP contribution is 2.27. The van der Waals surface area contributed by atoms with Crippen molar-refractivity contribution in [3.05, 3.63) is 46.5 Å². The second-order valence-electron chi connectivity index (χ2n) is 6.35. The summed E-state index contributed by atoms with van der Waals surface area (Å²) in [7, 11) is 0. The lowest BCUT2D eigenvalue weighted by atomic mass is 10.1. The van der Waals surface area contributed by atoms with Crippen molar-refractivity contribution < 1.29 is 18.4 Å². The van der Waals surface area contributed by atoms with Crippen LogP contribution in [0.25, 0.3) is 0 Å². The molecule has 0 saturated carbocycles. The van der Waals surface area contributed by atoms with E-state index in [0.717, 1.165) is 29.5 Å². The molecule has 0 aliphatic rings. The molecule has 8 heteroatoms. The minimum absolute atomic E-state index is 0.207. The average Bonchev–Trinajstić information content (AvgIpc) is 3.06. The molecular weight excluding hydrogens is 372 g/mol. The molecule has 0 radical (unpaired) electrons. The monoisotopic (exact) mass is 395 g/mol. The summed E-state index contributed by atoms with van der Waals surface area (Å²) in [6.45, 7) is 5.93. The van der Waals surface area contributed by atoms with E-state index >= 15 is 0 Å². The van der Waals surface area contributed by atoms with E-state index in [2.05, 4.69) is 29.5 Å². The number of thiazole rings is 1. The largest absolute Gasteiger partial charge is 0.344 e. The number of rotatable bonds is 8. The lowest BCUT2D eigenvalue weighted by Crippen LogP contribution is -2.44. The molecule has 2 atom stereocenters. The summed E-state index contributed by atoms with van der Waals surface area (Å²) in [6, 6.07) is 2.17. The van der Waals surface area contributed by atoms with Crippen LogP contribution in [0.1, 0.15) is 50.0 Å². The zero-order chi connectivity index (χ0) is 20.0. The summed E-state index contributed by atoms with van der Waals surface area (Å²) in [5.41, 5.74) is 0.207. The van der Waals surface area contributed by atoms with Crippen LogP contribution in [0.2, 0.25) is 0 Å². The first-order valence-corrected chi connectivity index (χ1v) is 9.64. The smallest absolute Gasteiger partial charge is 0.248 e. The highest BCUT2D eigenvalue weighted by molar-refractivity contribution is 7.15. The van der Waals surface area contributed by atoms with Crippen LogP contribution in [0.3, 0.4) is 0 Å². The molecule has 1 aromatic heterocycles. The van der Waals surface area contributed by atoms with Crippen molar-refractivity contribution in [2.75, 3.05) is 5.32 Å². The number of halogens is 2. The summed E-state index contributed by atoms with van der Waals surface area (Å²) in [5.74, 6) is -1.99. The molecule has 2 unspecified atom stereocenters. The third kappa shape index (κ3) is 6.09. The molecule has 0 spiro atoms. The number of benzene rings is 1. The van der Waals surface area contributed by atoms with Gasteiger partial charge in [0, 0.05) is 17.1 Å². The number of aromatic nitrogens is 1. The molecule has 27 heavy (non-hydrogen) atoms. The van der Waals surface area contributed by atoms with E-state index in [4.69, 9.17) is 0 Å². The molecule has 0 bridgehead atoms. The van der Waals surface area contributed by atoms with Crippen LogP contribution in [-0.4, -0.2) is 22.8 Å². The van der Waals surface area contributed by atoms with E-state index in [1.54, 1.807) is 13.1 Å². The zero-order valence-electron chi connectivity index (χ0n) is 15.5. The second-order valence-corrected chi connectivity index (χ2v) is 7.41. The summed E-state index contributed by atoms with van der Waals surface area (Å²) in [6.07, 6.45) is 2.88. The molecule has 2 aromatic rings. The summed E-state index contributed by atoms with van der Waals surface area (Å²) in [5, 5.41) is 5.79. The van der Waals surface area contributed by atoms with E-state index in [9.17, 15) is 18.4 Å². The number of nitrogens with zero attached hydrogens (tertiary/aromatic N) is 1. The Morgan fingerprint density at radius 1 is 1.15 bits per heavy atom. The first-order chi connectivity index (χ1) is 12.8. The van der Waals surface area contributed by atoms with Gasteiger partial charge in [0.25, 0.3) is 0 Å². The van der Waals surface area contributed by atoms with Crippen LogP contribution in [0.4, 0.5) is 13.9 Å². The first kappa shape index (κ1) is 21.0. The van der Waals surface area contributed by atoms with Gasteiger partial charge in [-0.15, -0.1) is 11.3 Å². The first-order valence-electron chi connectivity index (χ1n) is 8.83.